The summed E-state index contributed by atoms with van der Waals surface area (Å²) in [6.07, 6.45) is 2.41. The number of nitriles is 1. The first-order valence-electron chi connectivity index (χ1n) is 12.6. The number of nitrogens with zero attached hydrogens (tertiary/aromatic N) is 2. The Morgan fingerprint density at radius 1 is 1.12 bits per heavy atom. The molecule has 9 nitrogen and oxygen atoms in total. The lowest BCUT2D eigenvalue weighted by molar-refractivity contribution is -0.122. The van der Waals surface area contributed by atoms with Crippen molar-refractivity contribution in [2.24, 2.45) is 5.92 Å². The molecular formula is C29H27ClN2O7S. The molecule has 1 fully saturated rings. The number of rotatable bonds is 9. The van der Waals surface area contributed by atoms with Gasteiger partial charge >= 0.3 is 5.97 Å². The SMILES string of the molecule is COc1cn(C(CC2CCS(=O)(=O)CC2)C(=O)Cc2ccc(C(=O)O)cc2)c(=O)cc1-c1cc(Cl)ccc1C#N. The maximum absolute atomic E-state index is 13.7. The van der Waals surface area contributed by atoms with Crippen molar-refractivity contribution in [3.63, 3.8) is 0 Å². The average molecular weight is 583 g/mol. The molecule has 1 N–H and O–H groups in total. The van der Waals surface area contributed by atoms with Gasteiger partial charge in [-0.25, -0.2) is 13.2 Å². The first-order chi connectivity index (χ1) is 19.0. The van der Waals surface area contributed by atoms with E-state index in [0.717, 1.165) is 0 Å². The Bertz CT molecular complexity index is 1640. The zero-order valence-corrected chi connectivity index (χ0v) is 23.2. The summed E-state index contributed by atoms with van der Waals surface area (Å²) >= 11 is 6.16. The number of ketones is 1. The van der Waals surface area contributed by atoms with Crippen molar-refractivity contribution in [1.82, 2.24) is 4.57 Å². The van der Waals surface area contributed by atoms with Crippen molar-refractivity contribution in [1.29, 1.82) is 5.26 Å². The van der Waals surface area contributed by atoms with Crippen LogP contribution in [0.25, 0.3) is 11.1 Å². The molecule has 0 aliphatic carbocycles. The number of carbonyl (C=O) groups excluding carboxylic acids is 1. The molecule has 4 rings (SSSR count). The Morgan fingerprint density at radius 2 is 1.80 bits per heavy atom. The van der Waals surface area contributed by atoms with Crippen molar-refractivity contribution in [3.8, 4) is 22.9 Å². The number of aromatic nitrogens is 1. The number of carbonyl (C=O) groups is 2. The Kier molecular flexibility index (Phi) is 8.76. The van der Waals surface area contributed by atoms with Crippen molar-refractivity contribution >= 4 is 33.2 Å². The molecule has 1 saturated heterocycles. The van der Waals surface area contributed by atoms with Crippen LogP contribution in [0.5, 0.6) is 5.75 Å². The molecule has 3 aromatic rings. The van der Waals surface area contributed by atoms with Gasteiger partial charge in [0.1, 0.15) is 15.6 Å². The minimum atomic E-state index is -3.12. The third-order valence-corrected chi connectivity index (χ3v) is 9.12. The number of halogens is 1. The van der Waals surface area contributed by atoms with E-state index in [1.54, 1.807) is 30.3 Å². The van der Waals surface area contributed by atoms with E-state index in [4.69, 9.17) is 21.4 Å². The zero-order valence-electron chi connectivity index (χ0n) is 21.7. The summed E-state index contributed by atoms with van der Waals surface area (Å²) in [5.74, 6) is -1.15. The van der Waals surface area contributed by atoms with E-state index in [2.05, 4.69) is 6.07 Å². The Hall–Kier alpha value is -3.94. The Morgan fingerprint density at radius 3 is 2.40 bits per heavy atom. The number of hydrogen-bond donors (Lipinski definition) is 1. The summed E-state index contributed by atoms with van der Waals surface area (Å²) in [4.78, 5) is 38.4. The summed E-state index contributed by atoms with van der Waals surface area (Å²) < 4.78 is 30.8. The van der Waals surface area contributed by atoms with Gasteiger partial charge in [0.15, 0.2) is 5.78 Å². The van der Waals surface area contributed by atoms with E-state index >= 15 is 0 Å². The molecule has 1 aliphatic heterocycles. The number of hydrogen-bond acceptors (Lipinski definition) is 7. The van der Waals surface area contributed by atoms with Crippen LogP contribution in [-0.4, -0.2) is 48.5 Å². The number of aromatic carboxylic acids is 1. The fourth-order valence-electron chi connectivity index (χ4n) is 4.96. The summed E-state index contributed by atoms with van der Waals surface area (Å²) in [6, 6.07) is 13.1. The van der Waals surface area contributed by atoms with Gasteiger partial charge in [-0.05, 0) is 61.1 Å². The third kappa shape index (κ3) is 6.61. The molecule has 40 heavy (non-hydrogen) atoms. The van der Waals surface area contributed by atoms with E-state index in [0.29, 0.717) is 40.1 Å². The number of carboxylic acid groups (broad SMARTS) is 1. The second-order valence-electron chi connectivity index (χ2n) is 9.79. The molecular weight excluding hydrogens is 556 g/mol. The number of benzene rings is 2. The van der Waals surface area contributed by atoms with Crippen LogP contribution < -0.4 is 10.3 Å². The van der Waals surface area contributed by atoms with Crippen LogP contribution in [0.4, 0.5) is 0 Å². The highest BCUT2D eigenvalue weighted by atomic mass is 35.5. The summed E-state index contributed by atoms with van der Waals surface area (Å²) in [5.41, 5.74) is 1.23. The van der Waals surface area contributed by atoms with Crippen LogP contribution in [0.2, 0.25) is 5.02 Å². The number of methoxy groups -OCH3 is 1. The maximum atomic E-state index is 13.7. The highest BCUT2D eigenvalue weighted by molar-refractivity contribution is 7.91. The largest absolute Gasteiger partial charge is 0.495 e. The third-order valence-electron chi connectivity index (χ3n) is 7.17. The molecule has 1 unspecified atom stereocenters. The van der Waals surface area contributed by atoms with E-state index in [9.17, 15) is 28.1 Å². The minimum Gasteiger partial charge on any atom is -0.495 e. The van der Waals surface area contributed by atoms with Gasteiger partial charge in [-0.2, -0.15) is 5.26 Å². The monoisotopic (exact) mass is 582 g/mol. The summed E-state index contributed by atoms with van der Waals surface area (Å²) in [7, 11) is -1.71. The maximum Gasteiger partial charge on any atom is 0.335 e. The van der Waals surface area contributed by atoms with Crippen LogP contribution >= 0.6 is 11.6 Å². The lowest BCUT2D eigenvalue weighted by atomic mass is 9.90. The van der Waals surface area contributed by atoms with Gasteiger partial charge in [-0.15, -0.1) is 0 Å². The standard InChI is InChI=1S/C29H27ClN2O7S/c1-39-27-17-32(28(34)15-24(27)23-14-22(30)7-6-21(23)16-31)25(12-19-8-10-40(37,38)11-9-19)26(33)13-18-2-4-20(5-3-18)29(35)36/h2-7,14-15,17,19,25H,8-13H2,1H3,(H,35,36). The van der Waals surface area contributed by atoms with Crippen molar-refractivity contribution in [3.05, 3.63) is 86.8 Å². The van der Waals surface area contributed by atoms with Gasteiger partial charge in [-0.3, -0.25) is 9.59 Å². The van der Waals surface area contributed by atoms with Gasteiger partial charge in [0.05, 0.1) is 48.1 Å². The van der Waals surface area contributed by atoms with E-state index in [-0.39, 0.29) is 47.4 Å². The molecule has 0 spiro atoms. The highest BCUT2D eigenvalue weighted by Crippen LogP contribution is 2.35. The fourth-order valence-corrected chi connectivity index (χ4v) is 6.72. The van der Waals surface area contributed by atoms with Gasteiger partial charge in [0.25, 0.3) is 5.56 Å². The quantitative estimate of drug-likeness (QED) is 0.393. The molecule has 11 heteroatoms. The predicted octanol–water partition coefficient (Wildman–Crippen LogP) is 4.31. The van der Waals surface area contributed by atoms with Gasteiger partial charge in [-0.1, -0.05) is 23.7 Å². The minimum absolute atomic E-state index is 0.0259. The summed E-state index contributed by atoms with van der Waals surface area (Å²) in [6.45, 7) is 0. The average Bonchev–Trinajstić information content (AvgIpc) is 2.92. The van der Waals surface area contributed by atoms with E-state index in [1.807, 2.05) is 0 Å². The first kappa shape index (κ1) is 29.1. The number of pyridine rings is 1. The van der Waals surface area contributed by atoms with E-state index < -0.39 is 27.4 Å². The molecule has 0 amide bonds. The first-order valence-corrected chi connectivity index (χ1v) is 14.8. The van der Waals surface area contributed by atoms with Gasteiger partial charge in [0, 0.05) is 28.6 Å². The smallest absolute Gasteiger partial charge is 0.335 e. The lowest BCUT2D eigenvalue weighted by Gasteiger charge is -2.28. The summed E-state index contributed by atoms with van der Waals surface area (Å²) in [5, 5.41) is 19.1. The van der Waals surface area contributed by atoms with Crippen LogP contribution in [0, 0.1) is 17.2 Å². The molecule has 2 aromatic carbocycles. The molecule has 0 bridgehead atoms. The molecule has 0 saturated carbocycles. The molecule has 1 atom stereocenters. The number of sulfone groups is 1. The topological polar surface area (TPSA) is 144 Å². The highest BCUT2D eigenvalue weighted by Gasteiger charge is 2.31. The normalized spacial score (nSPS) is 15.6. The number of carboxylic acids is 1. The second-order valence-corrected chi connectivity index (χ2v) is 12.5. The van der Waals surface area contributed by atoms with Crippen LogP contribution in [0.1, 0.15) is 46.8 Å². The van der Waals surface area contributed by atoms with E-state index in [1.165, 1.54) is 36.1 Å². The number of Topliss-reactive ketones (excluding diaryl/α,β-unsaturated/α-hetero) is 1. The lowest BCUT2D eigenvalue weighted by Crippen LogP contribution is -2.34. The Balaban J connectivity index is 1.74. The molecule has 2 heterocycles. The van der Waals surface area contributed by atoms with Crippen LogP contribution in [-0.2, 0) is 21.1 Å². The van der Waals surface area contributed by atoms with Crippen LogP contribution in [0.15, 0.2) is 59.5 Å². The Labute approximate surface area is 236 Å². The van der Waals surface area contributed by atoms with Crippen LogP contribution in [0.3, 0.4) is 0 Å². The predicted molar refractivity (Wildman–Crippen MR) is 150 cm³/mol. The van der Waals surface area contributed by atoms with Crippen molar-refractivity contribution < 1.29 is 27.9 Å². The molecule has 208 valence electrons. The fraction of sp³-hybridized carbons (Fsp3) is 0.310. The zero-order chi connectivity index (χ0) is 29.0. The van der Waals surface area contributed by atoms with Crippen molar-refractivity contribution in [2.45, 2.75) is 31.7 Å². The number of ether oxygens (including phenoxy) is 1. The van der Waals surface area contributed by atoms with Crippen molar-refractivity contribution in [2.75, 3.05) is 18.6 Å². The van der Waals surface area contributed by atoms with Gasteiger partial charge < -0.3 is 14.4 Å². The molecule has 0 radical (unpaired) electrons. The molecule has 1 aromatic heterocycles. The second kappa shape index (κ2) is 12.1. The molecule has 1 aliphatic rings. The van der Waals surface area contributed by atoms with Gasteiger partial charge in [0.2, 0.25) is 0 Å².